The van der Waals surface area contributed by atoms with E-state index in [1.165, 1.54) is 12.8 Å². The first-order valence-corrected chi connectivity index (χ1v) is 7.10. The lowest BCUT2D eigenvalue weighted by Crippen LogP contribution is -2.10. The third-order valence-corrected chi connectivity index (χ3v) is 3.72. The fraction of sp³-hybridized carbons (Fsp3) is 0.833. The Hall–Kier alpha value is -0.560. The van der Waals surface area contributed by atoms with Crippen LogP contribution in [0.3, 0.4) is 0 Å². The van der Waals surface area contributed by atoms with Gasteiger partial charge in [0.15, 0.2) is 0 Å². The second kappa shape index (κ2) is 9.65. The van der Waals surface area contributed by atoms with Crippen LogP contribution in [0.25, 0.3) is 0 Å². The van der Waals surface area contributed by atoms with Crippen LogP contribution in [0, 0.1) is 11.8 Å². The Morgan fingerprint density at radius 1 is 0.875 bits per heavy atom. The van der Waals surface area contributed by atoms with Crippen LogP contribution in [-0.4, -0.2) is 11.0 Å². The van der Waals surface area contributed by atoms with E-state index in [0.29, 0.717) is 0 Å². The summed E-state index contributed by atoms with van der Waals surface area (Å²) < 4.78 is 11.2. The van der Waals surface area contributed by atoms with Gasteiger partial charge in [-0.15, -0.1) is 0 Å². The molecule has 0 heterocycles. The molecule has 0 amide bonds. The second-order valence-electron chi connectivity index (χ2n) is 4.28. The Morgan fingerprint density at radius 3 is 1.25 bits per heavy atom. The molecule has 0 aromatic carbocycles. The average Bonchev–Trinajstić information content (AvgIpc) is 2.25. The third kappa shape index (κ3) is 7.70. The van der Waals surface area contributed by atoms with Gasteiger partial charge in [-0.2, -0.15) is 0 Å². The van der Waals surface area contributed by atoms with Crippen LogP contribution in [0.15, 0.2) is 0 Å². The number of unbranched alkanes of at least 4 members (excludes halogenated alkanes) is 1. The minimum absolute atomic E-state index is 0.323. The van der Waals surface area contributed by atoms with Crippen molar-refractivity contribution >= 4 is 18.8 Å². The van der Waals surface area contributed by atoms with Gasteiger partial charge >= 0.3 is 18.8 Å². The summed E-state index contributed by atoms with van der Waals surface area (Å²) >= 11 is 0. The largest absolute Gasteiger partial charge is 0.491 e. The molecule has 0 radical (unpaired) electrons. The molecule has 0 aromatic heterocycles. The molecule has 16 heavy (non-hydrogen) atoms. The summed E-state index contributed by atoms with van der Waals surface area (Å²) in [6.45, 7) is 10.9. The van der Waals surface area contributed by atoms with E-state index in [1.54, 1.807) is 27.7 Å². The maximum atomic E-state index is 11.2. The van der Waals surface area contributed by atoms with E-state index in [1.807, 2.05) is 0 Å². The van der Waals surface area contributed by atoms with Gasteiger partial charge < -0.3 is 0 Å². The molecule has 0 bridgehead atoms. The quantitative estimate of drug-likeness (QED) is 0.690. The average molecular weight is 247 g/mol. The highest BCUT2D eigenvalue weighted by atomic mass is 31.1. The van der Waals surface area contributed by atoms with Gasteiger partial charge in [0.25, 0.3) is 0 Å². The third-order valence-electron chi connectivity index (χ3n) is 1.89. The lowest BCUT2D eigenvalue weighted by atomic mass is 10.2. The zero-order valence-corrected chi connectivity index (χ0v) is 12.1. The van der Waals surface area contributed by atoms with Crippen molar-refractivity contribution in [2.45, 2.75) is 54.4 Å². The summed E-state index contributed by atoms with van der Waals surface area (Å²) in [7, 11) is -2.31. The highest BCUT2D eigenvalue weighted by Gasteiger charge is 2.40. The highest BCUT2D eigenvalue weighted by Crippen LogP contribution is 2.30. The summed E-state index contributed by atoms with van der Waals surface area (Å²) in [5.74, 6) is -0.646. The monoisotopic (exact) mass is 247 g/mol. The van der Waals surface area contributed by atoms with E-state index < -0.39 is 18.8 Å². The fourth-order valence-corrected chi connectivity index (χ4v) is 1.73. The molecule has 4 heteroatoms. The molecule has 0 unspecified atom stereocenters. The van der Waals surface area contributed by atoms with Crippen molar-refractivity contribution < 1.29 is 14.2 Å². The molecule has 0 aliphatic rings. The second-order valence-corrected chi connectivity index (χ2v) is 5.75. The number of carbonyl (C=O) groups excluding carboxylic acids is 2. The van der Waals surface area contributed by atoms with Crippen LogP contribution in [0.1, 0.15) is 54.4 Å². The molecule has 94 valence electrons. The lowest BCUT2D eigenvalue weighted by Gasteiger charge is -1.93. The molecule has 0 aliphatic carbocycles. The van der Waals surface area contributed by atoms with Crippen molar-refractivity contribution in [1.82, 2.24) is 0 Å². The smallest absolute Gasteiger partial charge is 0.239 e. The lowest BCUT2D eigenvalue weighted by molar-refractivity contribution is -0.117. The van der Waals surface area contributed by atoms with Gasteiger partial charge in [-0.3, -0.25) is 0 Å². The van der Waals surface area contributed by atoms with E-state index in [4.69, 9.17) is 0 Å². The predicted molar refractivity (Wildman–Crippen MR) is 67.9 cm³/mol. The normalized spacial score (nSPS) is 9.75. The molecule has 0 saturated heterocycles. The molecule has 0 aliphatic heterocycles. The van der Waals surface area contributed by atoms with Gasteiger partial charge in [0.2, 0.25) is 0 Å². The minimum atomic E-state index is -2.31. The Kier molecular flexibility index (Phi) is 10.8. The van der Waals surface area contributed by atoms with Gasteiger partial charge in [-0.25, -0.2) is 9.59 Å². The van der Waals surface area contributed by atoms with Gasteiger partial charge in [0.05, 0.1) is 11.8 Å². The van der Waals surface area contributed by atoms with E-state index in [9.17, 15) is 14.2 Å². The van der Waals surface area contributed by atoms with Crippen molar-refractivity contribution in [3.8, 4) is 0 Å². The van der Waals surface area contributed by atoms with Crippen LogP contribution in [0.2, 0.25) is 0 Å². The summed E-state index contributed by atoms with van der Waals surface area (Å²) in [6, 6.07) is 0. The molecule has 0 aromatic rings. The molecule has 0 spiro atoms. The van der Waals surface area contributed by atoms with Crippen molar-refractivity contribution in [1.29, 1.82) is 0 Å². The summed E-state index contributed by atoms with van der Waals surface area (Å²) in [4.78, 5) is 22.2. The number of hydrogen-bond acceptors (Lipinski definition) is 3. The molecule has 0 fully saturated rings. The number of rotatable bonds is 5. The zero-order chi connectivity index (χ0) is 13.3. The molecule has 0 saturated carbocycles. The first kappa shape index (κ1) is 17.8. The molecule has 0 rings (SSSR count). The van der Waals surface area contributed by atoms with Gasteiger partial charge in [-0.05, 0) is 0 Å². The molecule has 0 N–H and O–H groups in total. The Labute approximate surface area is 99.8 Å². The Balaban J connectivity index is 0. The first-order valence-electron chi connectivity index (χ1n) is 5.84. The highest BCUT2D eigenvalue weighted by molar-refractivity contribution is 7.79. The van der Waals surface area contributed by atoms with Gasteiger partial charge in [0, 0.05) is 0 Å². The first-order chi connectivity index (χ1) is 7.29. The summed E-state index contributed by atoms with van der Waals surface area (Å²) in [5, 5.41) is 0. The van der Waals surface area contributed by atoms with Crippen LogP contribution in [0.4, 0.5) is 0 Å². The molecule has 0 atom stereocenters. The van der Waals surface area contributed by atoms with E-state index >= 15 is 0 Å². The van der Waals surface area contributed by atoms with Crippen molar-refractivity contribution in [2.24, 2.45) is 11.8 Å². The van der Waals surface area contributed by atoms with Gasteiger partial charge in [0.1, 0.15) is 0 Å². The Morgan fingerprint density at radius 2 is 1.12 bits per heavy atom. The van der Waals surface area contributed by atoms with Crippen molar-refractivity contribution in [2.75, 3.05) is 0 Å². The number of carbonyl (C=O) groups is 2. The maximum Gasteiger partial charge on any atom is 0.491 e. The Bertz CT molecular complexity index is 221. The van der Waals surface area contributed by atoms with Crippen molar-refractivity contribution in [3.63, 3.8) is 0 Å². The van der Waals surface area contributed by atoms with E-state index in [2.05, 4.69) is 13.8 Å². The molecular formula is C12H24O3P+. The van der Waals surface area contributed by atoms with Crippen LogP contribution in [-0.2, 0) is 14.2 Å². The maximum absolute atomic E-state index is 11.2. The summed E-state index contributed by atoms with van der Waals surface area (Å²) in [5.41, 5.74) is -0.882. The van der Waals surface area contributed by atoms with Gasteiger partial charge in [-0.1, -0.05) is 58.9 Å². The topological polar surface area (TPSA) is 51.2 Å². The number of hydrogen-bond donors (Lipinski definition) is 0. The fourth-order valence-electron chi connectivity index (χ4n) is 0.578. The van der Waals surface area contributed by atoms with E-state index in [-0.39, 0.29) is 11.8 Å². The van der Waals surface area contributed by atoms with Crippen LogP contribution >= 0.6 is 7.80 Å². The van der Waals surface area contributed by atoms with Crippen LogP contribution in [0.5, 0.6) is 0 Å². The molecule has 3 nitrogen and oxygen atoms in total. The minimum Gasteiger partial charge on any atom is -0.239 e. The van der Waals surface area contributed by atoms with Crippen molar-refractivity contribution in [3.05, 3.63) is 0 Å². The predicted octanol–water partition coefficient (Wildman–Crippen LogP) is 3.99. The van der Waals surface area contributed by atoms with E-state index in [0.717, 1.165) is 0 Å². The SMILES string of the molecule is CC(C)C(=O)[P+](=O)C(=O)C(C)C.CCCC. The summed E-state index contributed by atoms with van der Waals surface area (Å²) in [6.07, 6.45) is 2.64. The zero-order valence-electron chi connectivity index (χ0n) is 11.2. The molecular weight excluding hydrogens is 223 g/mol. The standard InChI is InChI=1S/C8H14O3P.C4H10/c1-5(2)7(9)12(11)8(10)6(3)4;1-3-4-2/h5-6H,1-4H3;3-4H2,1-2H3/q+1;. The van der Waals surface area contributed by atoms with Crippen LogP contribution < -0.4 is 0 Å².